The molecule has 0 aliphatic rings. The minimum Gasteiger partial charge on any atom is -0.326 e. The third kappa shape index (κ3) is 6.54. The van der Waals surface area contributed by atoms with Crippen LogP contribution in [0.4, 0.5) is 14.5 Å². The van der Waals surface area contributed by atoms with Crippen LogP contribution in [-0.4, -0.2) is 24.3 Å². The van der Waals surface area contributed by atoms with Crippen molar-refractivity contribution in [3.63, 3.8) is 0 Å². The number of hydrogen-bond donors (Lipinski definition) is 2. The Morgan fingerprint density at radius 2 is 1.95 bits per heavy atom. The standard InChI is InChI=1S/C13H18F2N2OS/c1-3-16-9(2)8-12(18)17-10-4-6-11(7-5-10)19-13(14)15/h4-7,9,13,16H,3,8H2,1-2H3,(H,17,18). The highest BCUT2D eigenvalue weighted by Crippen LogP contribution is 2.26. The molecular formula is C13H18F2N2OS. The molecule has 1 unspecified atom stereocenters. The zero-order valence-electron chi connectivity index (χ0n) is 11.0. The smallest absolute Gasteiger partial charge is 0.288 e. The summed E-state index contributed by atoms with van der Waals surface area (Å²) in [7, 11) is 0. The molecule has 1 aromatic rings. The van der Waals surface area contributed by atoms with Crippen LogP contribution in [-0.2, 0) is 4.79 Å². The molecule has 19 heavy (non-hydrogen) atoms. The van der Waals surface area contributed by atoms with Gasteiger partial charge in [0.15, 0.2) is 0 Å². The lowest BCUT2D eigenvalue weighted by atomic mass is 10.2. The van der Waals surface area contributed by atoms with E-state index in [1.165, 1.54) is 0 Å². The van der Waals surface area contributed by atoms with Crippen molar-refractivity contribution in [2.45, 2.75) is 37.0 Å². The number of amides is 1. The Labute approximate surface area is 116 Å². The largest absolute Gasteiger partial charge is 0.326 e. The highest BCUT2D eigenvalue weighted by Gasteiger charge is 2.09. The van der Waals surface area contributed by atoms with Crippen LogP contribution in [0.5, 0.6) is 0 Å². The normalized spacial score (nSPS) is 12.5. The van der Waals surface area contributed by atoms with E-state index in [-0.39, 0.29) is 11.9 Å². The molecule has 6 heteroatoms. The number of carbonyl (C=O) groups is 1. The molecule has 0 heterocycles. The fourth-order valence-electron chi connectivity index (χ4n) is 1.63. The van der Waals surface area contributed by atoms with Gasteiger partial charge in [-0.3, -0.25) is 4.79 Å². The molecule has 0 bridgehead atoms. The van der Waals surface area contributed by atoms with Crippen molar-refractivity contribution in [3.8, 4) is 0 Å². The molecule has 3 nitrogen and oxygen atoms in total. The van der Waals surface area contributed by atoms with Crippen molar-refractivity contribution < 1.29 is 13.6 Å². The molecule has 0 fully saturated rings. The summed E-state index contributed by atoms with van der Waals surface area (Å²) in [5.74, 6) is -2.52. The van der Waals surface area contributed by atoms with E-state index in [1.54, 1.807) is 24.3 Å². The highest BCUT2D eigenvalue weighted by molar-refractivity contribution is 7.99. The number of benzene rings is 1. The molecule has 0 aliphatic heterocycles. The molecule has 0 radical (unpaired) electrons. The Hall–Kier alpha value is -1.14. The second-order valence-corrected chi connectivity index (χ2v) is 5.18. The minimum atomic E-state index is -2.43. The molecule has 0 aliphatic carbocycles. The summed E-state index contributed by atoms with van der Waals surface area (Å²) >= 11 is 0.487. The van der Waals surface area contributed by atoms with Crippen molar-refractivity contribution >= 4 is 23.4 Å². The molecule has 1 atom stereocenters. The first-order chi connectivity index (χ1) is 9.01. The molecule has 1 aromatic carbocycles. The van der Waals surface area contributed by atoms with E-state index in [1.807, 2.05) is 13.8 Å². The Morgan fingerprint density at radius 1 is 1.32 bits per heavy atom. The first-order valence-corrected chi connectivity index (χ1v) is 6.97. The van der Waals surface area contributed by atoms with Gasteiger partial charge in [-0.1, -0.05) is 18.7 Å². The van der Waals surface area contributed by atoms with Gasteiger partial charge in [0.05, 0.1) is 0 Å². The fraction of sp³-hybridized carbons (Fsp3) is 0.462. The predicted octanol–water partition coefficient (Wildman–Crippen LogP) is 3.33. The molecule has 0 saturated carbocycles. The summed E-state index contributed by atoms with van der Waals surface area (Å²) in [6.45, 7) is 4.73. The number of nitrogens with one attached hydrogen (secondary N) is 2. The first-order valence-electron chi connectivity index (χ1n) is 6.09. The average molecular weight is 288 g/mol. The Bertz CT molecular complexity index is 398. The van der Waals surface area contributed by atoms with Crippen molar-refractivity contribution in [2.75, 3.05) is 11.9 Å². The summed E-state index contributed by atoms with van der Waals surface area (Å²) in [5, 5.41) is 5.88. The Morgan fingerprint density at radius 3 is 2.47 bits per heavy atom. The van der Waals surface area contributed by atoms with Gasteiger partial charge in [-0.25, -0.2) is 0 Å². The van der Waals surface area contributed by atoms with Gasteiger partial charge in [0.25, 0.3) is 5.76 Å². The van der Waals surface area contributed by atoms with Gasteiger partial charge in [-0.05, 0) is 37.7 Å². The lowest BCUT2D eigenvalue weighted by Crippen LogP contribution is -2.30. The molecule has 0 saturated heterocycles. The van der Waals surface area contributed by atoms with Gasteiger partial charge in [-0.2, -0.15) is 8.78 Å². The van der Waals surface area contributed by atoms with Gasteiger partial charge in [-0.15, -0.1) is 0 Å². The van der Waals surface area contributed by atoms with Gasteiger partial charge in [0, 0.05) is 23.0 Å². The summed E-state index contributed by atoms with van der Waals surface area (Å²) in [6.07, 6.45) is 0.376. The number of hydrogen-bond acceptors (Lipinski definition) is 3. The van der Waals surface area contributed by atoms with E-state index in [9.17, 15) is 13.6 Å². The van der Waals surface area contributed by atoms with E-state index in [2.05, 4.69) is 10.6 Å². The van der Waals surface area contributed by atoms with Gasteiger partial charge >= 0.3 is 0 Å². The number of thioether (sulfide) groups is 1. The number of rotatable bonds is 7. The maximum atomic E-state index is 12.1. The zero-order chi connectivity index (χ0) is 14.3. The minimum absolute atomic E-state index is 0.0947. The second-order valence-electron chi connectivity index (χ2n) is 4.11. The predicted molar refractivity (Wildman–Crippen MR) is 74.7 cm³/mol. The molecule has 1 amide bonds. The van der Waals surface area contributed by atoms with Crippen molar-refractivity contribution in [3.05, 3.63) is 24.3 Å². The lowest BCUT2D eigenvalue weighted by molar-refractivity contribution is -0.116. The van der Waals surface area contributed by atoms with E-state index in [0.717, 1.165) is 6.54 Å². The molecule has 0 aromatic heterocycles. The van der Waals surface area contributed by atoms with Crippen LogP contribution >= 0.6 is 11.8 Å². The van der Waals surface area contributed by atoms with E-state index in [0.29, 0.717) is 28.8 Å². The fourth-order valence-corrected chi connectivity index (χ4v) is 2.13. The van der Waals surface area contributed by atoms with Crippen LogP contribution in [0.15, 0.2) is 29.2 Å². The number of anilines is 1. The highest BCUT2D eigenvalue weighted by atomic mass is 32.2. The maximum absolute atomic E-state index is 12.1. The summed E-state index contributed by atoms with van der Waals surface area (Å²) in [5.41, 5.74) is 0.618. The third-order valence-electron chi connectivity index (χ3n) is 2.41. The van der Waals surface area contributed by atoms with Crippen molar-refractivity contribution in [1.29, 1.82) is 0 Å². The third-order valence-corrected chi connectivity index (χ3v) is 3.13. The monoisotopic (exact) mass is 288 g/mol. The van der Waals surface area contributed by atoms with Crippen LogP contribution < -0.4 is 10.6 Å². The van der Waals surface area contributed by atoms with Crippen LogP contribution in [0.2, 0.25) is 0 Å². The zero-order valence-corrected chi connectivity index (χ0v) is 11.8. The van der Waals surface area contributed by atoms with Crippen LogP contribution in [0.25, 0.3) is 0 Å². The van der Waals surface area contributed by atoms with Gasteiger partial charge < -0.3 is 10.6 Å². The Balaban J connectivity index is 2.46. The average Bonchev–Trinajstić information content (AvgIpc) is 2.31. The molecule has 2 N–H and O–H groups in total. The van der Waals surface area contributed by atoms with E-state index < -0.39 is 5.76 Å². The van der Waals surface area contributed by atoms with Crippen LogP contribution in [0, 0.1) is 0 Å². The molecule has 0 spiro atoms. The lowest BCUT2D eigenvalue weighted by Gasteiger charge is -2.12. The van der Waals surface area contributed by atoms with Crippen LogP contribution in [0.1, 0.15) is 20.3 Å². The summed E-state index contributed by atoms with van der Waals surface area (Å²) in [6, 6.07) is 6.50. The topological polar surface area (TPSA) is 41.1 Å². The van der Waals surface area contributed by atoms with E-state index >= 15 is 0 Å². The number of carbonyl (C=O) groups excluding carboxylic acids is 1. The summed E-state index contributed by atoms with van der Waals surface area (Å²) in [4.78, 5) is 12.2. The SMILES string of the molecule is CCNC(C)CC(=O)Nc1ccc(SC(F)F)cc1. The van der Waals surface area contributed by atoms with Gasteiger partial charge in [0.2, 0.25) is 5.91 Å². The quantitative estimate of drug-likeness (QED) is 0.756. The van der Waals surface area contributed by atoms with Crippen LogP contribution in [0.3, 0.4) is 0 Å². The number of alkyl halides is 2. The number of halogens is 2. The first kappa shape index (κ1) is 15.9. The maximum Gasteiger partial charge on any atom is 0.288 e. The summed E-state index contributed by atoms with van der Waals surface area (Å²) < 4.78 is 24.3. The second kappa shape index (κ2) is 8.12. The molecular weight excluding hydrogens is 270 g/mol. The molecule has 1 rings (SSSR count). The molecule has 106 valence electrons. The van der Waals surface area contributed by atoms with Crippen molar-refractivity contribution in [2.24, 2.45) is 0 Å². The van der Waals surface area contributed by atoms with Crippen molar-refractivity contribution in [1.82, 2.24) is 5.32 Å². The van der Waals surface area contributed by atoms with Gasteiger partial charge in [0.1, 0.15) is 0 Å². The van der Waals surface area contributed by atoms with E-state index in [4.69, 9.17) is 0 Å². The Kier molecular flexibility index (Phi) is 6.80.